The highest BCUT2D eigenvalue weighted by molar-refractivity contribution is 5.96. The van der Waals surface area contributed by atoms with Crippen molar-refractivity contribution in [1.29, 1.82) is 0 Å². The number of para-hydroxylation sites is 1. The van der Waals surface area contributed by atoms with E-state index in [0.717, 1.165) is 11.3 Å². The Kier molecular flexibility index (Phi) is 5.97. The van der Waals surface area contributed by atoms with E-state index in [4.69, 9.17) is 4.52 Å². The number of urea groups is 1. The van der Waals surface area contributed by atoms with E-state index >= 15 is 0 Å². The Bertz CT molecular complexity index is 1060. The summed E-state index contributed by atoms with van der Waals surface area (Å²) in [7, 11) is 0. The highest BCUT2D eigenvalue weighted by Crippen LogP contribution is 2.32. The molecule has 0 bridgehead atoms. The van der Waals surface area contributed by atoms with Crippen molar-refractivity contribution in [3.63, 3.8) is 0 Å². The van der Waals surface area contributed by atoms with E-state index in [1.54, 1.807) is 17.0 Å². The maximum atomic E-state index is 12.5. The minimum Gasteiger partial charge on any atom is -0.339 e. The SMILES string of the molecule is CC(C)CNC(=O)Nc1cccc(-c2noc([C@@H]3CC(=O)N(c4ccccc4)C3)n2)c1. The second-order valence-electron chi connectivity index (χ2n) is 8.01. The average molecular weight is 419 g/mol. The zero-order valence-corrected chi connectivity index (χ0v) is 17.5. The number of rotatable bonds is 6. The molecule has 1 aliphatic rings. The lowest BCUT2D eigenvalue weighted by molar-refractivity contribution is -0.117. The van der Waals surface area contributed by atoms with Crippen molar-refractivity contribution in [2.24, 2.45) is 5.92 Å². The predicted molar refractivity (Wildman–Crippen MR) is 118 cm³/mol. The standard InChI is InChI=1S/C23H25N5O3/c1-15(2)13-24-23(30)25-18-8-6-7-16(11-18)21-26-22(31-27-21)17-12-20(29)28(14-17)19-9-4-3-5-10-19/h3-11,15,17H,12-14H2,1-2H3,(H2,24,25,30)/t17-/m1/s1. The fourth-order valence-electron chi connectivity index (χ4n) is 3.46. The Morgan fingerprint density at radius 3 is 2.77 bits per heavy atom. The van der Waals surface area contributed by atoms with Gasteiger partial charge in [-0.1, -0.05) is 49.3 Å². The molecule has 1 atom stereocenters. The summed E-state index contributed by atoms with van der Waals surface area (Å²) in [6.07, 6.45) is 0.328. The fourth-order valence-corrected chi connectivity index (χ4v) is 3.46. The minimum absolute atomic E-state index is 0.0366. The molecule has 3 aromatic rings. The number of hydrogen-bond acceptors (Lipinski definition) is 5. The van der Waals surface area contributed by atoms with Gasteiger partial charge in [0.25, 0.3) is 0 Å². The van der Waals surface area contributed by atoms with Crippen LogP contribution in [-0.4, -0.2) is 35.2 Å². The molecule has 0 spiro atoms. The molecule has 1 aliphatic heterocycles. The van der Waals surface area contributed by atoms with E-state index < -0.39 is 0 Å². The minimum atomic E-state index is -0.259. The predicted octanol–water partition coefficient (Wildman–Crippen LogP) is 4.03. The van der Waals surface area contributed by atoms with Gasteiger partial charge < -0.3 is 20.1 Å². The zero-order chi connectivity index (χ0) is 21.8. The second kappa shape index (κ2) is 8.99. The van der Waals surface area contributed by atoms with Crippen molar-refractivity contribution in [2.45, 2.75) is 26.2 Å². The van der Waals surface area contributed by atoms with Gasteiger partial charge in [-0.05, 0) is 30.2 Å². The van der Waals surface area contributed by atoms with Crippen LogP contribution in [0.1, 0.15) is 32.1 Å². The highest BCUT2D eigenvalue weighted by Gasteiger charge is 2.35. The van der Waals surface area contributed by atoms with Gasteiger partial charge in [0.2, 0.25) is 17.6 Å². The summed E-state index contributed by atoms with van der Waals surface area (Å²) in [5.41, 5.74) is 2.22. The average Bonchev–Trinajstić information content (AvgIpc) is 3.40. The van der Waals surface area contributed by atoms with Crippen LogP contribution in [0, 0.1) is 5.92 Å². The molecule has 1 saturated heterocycles. The summed E-state index contributed by atoms with van der Waals surface area (Å²) in [5.74, 6) is 1.11. The lowest BCUT2D eigenvalue weighted by Crippen LogP contribution is -2.31. The lowest BCUT2D eigenvalue weighted by Gasteiger charge is -2.15. The van der Waals surface area contributed by atoms with Crippen LogP contribution in [-0.2, 0) is 4.79 Å². The zero-order valence-electron chi connectivity index (χ0n) is 17.5. The first-order valence-electron chi connectivity index (χ1n) is 10.3. The van der Waals surface area contributed by atoms with Gasteiger partial charge in [0, 0.05) is 36.4 Å². The maximum absolute atomic E-state index is 12.5. The molecule has 0 aliphatic carbocycles. The van der Waals surface area contributed by atoms with Crippen molar-refractivity contribution in [2.75, 3.05) is 23.3 Å². The third kappa shape index (κ3) is 4.91. The first-order valence-corrected chi connectivity index (χ1v) is 10.3. The van der Waals surface area contributed by atoms with Crippen molar-refractivity contribution in [3.8, 4) is 11.4 Å². The number of nitrogens with one attached hydrogen (secondary N) is 2. The number of carbonyl (C=O) groups is 2. The topological polar surface area (TPSA) is 100 Å². The van der Waals surface area contributed by atoms with Crippen molar-refractivity contribution >= 4 is 23.3 Å². The van der Waals surface area contributed by atoms with Gasteiger partial charge in [-0.25, -0.2) is 4.79 Å². The third-order valence-corrected chi connectivity index (χ3v) is 5.03. The van der Waals surface area contributed by atoms with Gasteiger partial charge in [-0.2, -0.15) is 4.98 Å². The summed E-state index contributed by atoms with van der Waals surface area (Å²) in [5, 5.41) is 9.72. The Hall–Kier alpha value is -3.68. The first kappa shape index (κ1) is 20.6. The van der Waals surface area contributed by atoms with Crippen LogP contribution in [0.15, 0.2) is 59.1 Å². The number of benzene rings is 2. The molecule has 3 amide bonds. The lowest BCUT2D eigenvalue weighted by atomic mass is 10.1. The Balaban J connectivity index is 1.44. The maximum Gasteiger partial charge on any atom is 0.319 e. The van der Waals surface area contributed by atoms with Gasteiger partial charge in [-0.3, -0.25) is 4.79 Å². The smallest absolute Gasteiger partial charge is 0.319 e. The van der Waals surface area contributed by atoms with Crippen molar-refractivity contribution in [3.05, 3.63) is 60.5 Å². The summed E-state index contributed by atoms with van der Waals surface area (Å²) in [4.78, 5) is 30.7. The largest absolute Gasteiger partial charge is 0.339 e. The Morgan fingerprint density at radius 2 is 2.00 bits per heavy atom. The summed E-state index contributed by atoms with van der Waals surface area (Å²) in [6, 6.07) is 16.6. The molecule has 4 rings (SSSR count). The monoisotopic (exact) mass is 419 g/mol. The molecule has 2 aromatic carbocycles. The fraction of sp³-hybridized carbons (Fsp3) is 0.304. The number of aromatic nitrogens is 2. The first-order chi connectivity index (χ1) is 15.0. The van der Waals surface area contributed by atoms with Crippen LogP contribution in [0.25, 0.3) is 11.4 Å². The molecule has 1 fully saturated rings. The highest BCUT2D eigenvalue weighted by atomic mass is 16.5. The van der Waals surface area contributed by atoms with Gasteiger partial charge in [-0.15, -0.1) is 0 Å². The number of carbonyl (C=O) groups excluding carboxylic acids is 2. The van der Waals surface area contributed by atoms with Crippen LogP contribution in [0.4, 0.5) is 16.2 Å². The van der Waals surface area contributed by atoms with Gasteiger partial charge in [0.15, 0.2) is 0 Å². The molecule has 2 heterocycles. The van der Waals surface area contributed by atoms with E-state index in [1.165, 1.54) is 0 Å². The van der Waals surface area contributed by atoms with Crippen molar-refractivity contribution < 1.29 is 14.1 Å². The normalized spacial score (nSPS) is 16.0. The van der Waals surface area contributed by atoms with Crippen LogP contribution >= 0.6 is 0 Å². The van der Waals surface area contributed by atoms with E-state index in [1.807, 2.05) is 56.3 Å². The van der Waals surface area contributed by atoms with Gasteiger partial charge >= 0.3 is 6.03 Å². The van der Waals surface area contributed by atoms with Crippen LogP contribution in [0.3, 0.4) is 0 Å². The van der Waals surface area contributed by atoms with Gasteiger partial charge in [0.1, 0.15) is 0 Å². The molecular formula is C23H25N5O3. The van der Waals surface area contributed by atoms with E-state index in [-0.39, 0.29) is 17.9 Å². The van der Waals surface area contributed by atoms with E-state index in [2.05, 4.69) is 20.8 Å². The molecule has 0 saturated carbocycles. The molecule has 8 nitrogen and oxygen atoms in total. The molecule has 31 heavy (non-hydrogen) atoms. The molecule has 0 unspecified atom stereocenters. The number of amides is 3. The molecule has 2 N–H and O–H groups in total. The third-order valence-electron chi connectivity index (χ3n) is 5.03. The van der Waals surface area contributed by atoms with Crippen molar-refractivity contribution in [1.82, 2.24) is 15.5 Å². The summed E-state index contributed by atoms with van der Waals surface area (Å²) < 4.78 is 5.48. The number of nitrogens with zero attached hydrogens (tertiary/aromatic N) is 3. The quantitative estimate of drug-likeness (QED) is 0.628. The van der Waals surface area contributed by atoms with E-state index in [9.17, 15) is 9.59 Å². The molecule has 160 valence electrons. The van der Waals surface area contributed by atoms with Crippen LogP contribution < -0.4 is 15.5 Å². The Labute approximate surface area is 180 Å². The van der Waals surface area contributed by atoms with Crippen LogP contribution in [0.2, 0.25) is 0 Å². The Morgan fingerprint density at radius 1 is 1.19 bits per heavy atom. The van der Waals surface area contributed by atoms with Crippen LogP contribution in [0.5, 0.6) is 0 Å². The number of hydrogen-bond donors (Lipinski definition) is 2. The summed E-state index contributed by atoms with van der Waals surface area (Å²) in [6.45, 7) is 5.17. The molecule has 1 aromatic heterocycles. The van der Waals surface area contributed by atoms with Gasteiger partial charge in [0.05, 0.1) is 5.92 Å². The molecular weight excluding hydrogens is 394 g/mol. The number of anilines is 2. The summed E-state index contributed by atoms with van der Waals surface area (Å²) >= 11 is 0. The van der Waals surface area contributed by atoms with E-state index in [0.29, 0.717) is 42.8 Å². The molecule has 0 radical (unpaired) electrons. The molecule has 8 heteroatoms. The second-order valence-corrected chi connectivity index (χ2v) is 8.01.